The van der Waals surface area contributed by atoms with Crippen LogP contribution in [-0.2, 0) is 11.3 Å². The van der Waals surface area contributed by atoms with E-state index in [1.807, 2.05) is 59.8 Å². The van der Waals surface area contributed by atoms with Crippen LogP contribution in [0, 0.1) is 6.92 Å². The zero-order valence-corrected chi connectivity index (χ0v) is 20.4. The van der Waals surface area contributed by atoms with E-state index in [-0.39, 0.29) is 17.9 Å². The summed E-state index contributed by atoms with van der Waals surface area (Å²) >= 11 is 1.65. The van der Waals surface area contributed by atoms with Crippen molar-refractivity contribution in [3.63, 3.8) is 0 Å². The molecule has 34 heavy (non-hydrogen) atoms. The maximum atomic E-state index is 13.5. The first-order chi connectivity index (χ1) is 16.4. The third-order valence-corrected chi connectivity index (χ3v) is 7.05. The SMILES string of the molecule is Cc1ccc(-c2cc(C(=O)Nc3cccc(CN4CCCC4=O)c3)c3cnn(C(C)C)c3n2)s1. The third kappa shape index (κ3) is 4.33. The average Bonchev–Trinajstić information content (AvgIpc) is 3.53. The fraction of sp³-hybridized carbons (Fsp3) is 0.308. The van der Waals surface area contributed by atoms with Gasteiger partial charge in [-0.3, -0.25) is 9.59 Å². The monoisotopic (exact) mass is 473 g/mol. The molecule has 0 aliphatic carbocycles. The first kappa shape index (κ1) is 22.3. The quantitative estimate of drug-likeness (QED) is 0.405. The Labute approximate surface area is 202 Å². The molecule has 4 aromatic rings. The summed E-state index contributed by atoms with van der Waals surface area (Å²) in [6.07, 6.45) is 3.24. The first-order valence-electron chi connectivity index (χ1n) is 11.5. The van der Waals surface area contributed by atoms with E-state index >= 15 is 0 Å². The Morgan fingerprint density at radius 1 is 1.21 bits per heavy atom. The summed E-state index contributed by atoms with van der Waals surface area (Å²) in [7, 11) is 0. The Hall–Kier alpha value is -3.52. The number of pyridine rings is 1. The fourth-order valence-corrected chi connectivity index (χ4v) is 5.15. The molecule has 1 N–H and O–H groups in total. The molecular weight excluding hydrogens is 446 g/mol. The van der Waals surface area contributed by atoms with Gasteiger partial charge in [0, 0.05) is 36.1 Å². The van der Waals surface area contributed by atoms with Crippen LogP contribution in [0.15, 0.2) is 48.7 Å². The molecule has 174 valence electrons. The highest BCUT2D eigenvalue weighted by molar-refractivity contribution is 7.15. The molecule has 4 heterocycles. The van der Waals surface area contributed by atoms with Crippen LogP contribution in [0.2, 0.25) is 0 Å². The number of amides is 2. The number of nitrogens with zero attached hydrogens (tertiary/aromatic N) is 4. The number of aryl methyl sites for hydroxylation is 1. The van der Waals surface area contributed by atoms with E-state index in [9.17, 15) is 9.59 Å². The van der Waals surface area contributed by atoms with Crippen molar-refractivity contribution in [1.82, 2.24) is 19.7 Å². The van der Waals surface area contributed by atoms with Crippen molar-refractivity contribution in [2.75, 3.05) is 11.9 Å². The first-order valence-corrected chi connectivity index (χ1v) is 12.3. The molecule has 0 radical (unpaired) electrons. The van der Waals surface area contributed by atoms with E-state index in [1.165, 1.54) is 4.88 Å². The number of fused-ring (bicyclic) bond motifs is 1. The van der Waals surface area contributed by atoms with Gasteiger partial charge in [-0.1, -0.05) is 12.1 Å². The van der Waals surface area contributed by atoms with Crippen molar-refractivity contribution in [2.24, 2.45) is 0 Å². The number of hydrogen-bond acceptors (Lipinski definition) is 5. The number of nitrogens with one attached hydrogen (secondary N) is 1. The Morgan fingerprint density at radius 3 is 2.76 bits per heavy atom. The van der Waals surface area contributed by atoms with Gasteiger partial charge >= 0.3 is 0 Å². The van der Waals surface area contributed by atoms with Crippen LogP contribution in [-0.4, -0.2) is 38.0 Å². The van der Waals surface area contributed by atoms with E-state index in [0.29, 0.717) is 29.9 Å². The number of benzene rings is 1. The second-order valence-electron chi connectivity index (χ2n) is 8.96. The lowest BCUT2D eigenvalue weighted by Gasteiger charge is -2.16. The molecule has 3 aromatic heterocycles. The lowest BCUT2D eigenvalue weighted by molar-refractivity contribution is -0.128. The van der Waals surface area contributed by atoms with Crippen LogP contribution in [0.1, 0.15) is 53.5 Å². The number of anilines is 1. The smallest absolute Gasteiger partial charge is 0.256 e. The van der Waals surface area contributed by atoms with Gasteiger partial charge in [0.15, 0.2) is 5.65 Å². The zero-order chi connectivity index (χ0) is 23.8. The highest BCUT2D eigenvalue weighted by Crippen LogP contribution is 2.31. The van der Waals surface area contributed by atoms with Crippen molar-refractivity contribution in [3.05, 3.63) is 64.7 Å². The molecule has 1 fully saturated rings. The van der Waals surface area contributed by atoms with Crippen LogP contribution >= 0.6 is 11.3 Å². The van der Waals surface area contributed by atoms with E-state index in [0.717, 1.165) is 34.5 Å². The van der Waals surface area contributed by atoms with Gasteiger partial charge in [0.1, 0.15) is 0 Å². The molecule has 0 atom stereocenters. The number of carbonyl (C=O) groups excluding carboxylic acids is 2. The number of likely N-dealkylation sites (tertiary alicyclic amines) is 1. The third-order valence-electron chi connectivity index (χ3n) is 6.02. The number of aromatic nitrogens is 3. The second-order valence-corrected chi connectivity index (χ2v) is 10.2. The molecule has 8 heteroatoms. The van der Waals surface area contributed by atoms with E-state index in [1.54, 1.807) is 17.5 Å². The predicted octanol–water partition coefficient (Wildman–Crippen LogP) is 5.42. The van der Waals surface area contributed by atoms with Gasteiger partial charge in [0.2, 0.25) is 5.91 Å². The van der Waals surface area contributed by atoms with Gasteiger partial charge in [0.05, 0.1) is 27.7 Å². The van der Waals surface area contributed by atoms with Gasteiger partial charge in [-0.15, -0.1) is 11.3 Å². The summed E-state index contributed by atoms with van der Waals surface area (Å²) in [6.45, 7) is 7.50. The molecular formula is C26H27N5O2S. The molecule has 1 aliphatic heterocycles. The lowest BCUT2D eigenvalue weighted by Crippen LogP contribution is -2.23. The fourth-order valence-electron chi connectivity index (χ4n) is 4.32. The molecule has 1 aliphatic rings. The van der Waals surface area contributed by atoms with E-state index in [2.05, 4.69) is 23.4 Å². The van der Waals surface area contributed by atoms with E-state index < -0.39 is 0 Å². The number of thiophene rings is 1. The minimum atomic E-state index is -0.209. The van der Waals surface area contributed by atoms with Gasteiger partial charge in [-0.25, -0.2) is 9.67 Å². The number of carbonyl (C=O) groups is 2. The summed E-state index contributed by atoms with van der Waals surface area (Å²) < 4.78 is 1.85. The molecule has 2 amide bonds. The molecule has 0 saturated carbocycles. The Kier molecular flexibility index (Phi) is 5.91. The zero-order valence-electron chi connectivity index (χ0n) is 19.5. The second kappa shape index (κ2) is 9.02. The van der Waals surface area contributed by atoms with Crippen LogP contribution < -0.4 is 5.32 Å². The maximum Gasteiger partial charge on any atom is 0.256 e. The standard InChI is InChI=1S/C26H27N5O2S/c1-16(2)31-25-21(14-27-31)20(13-22(29-25)23-10-9-17(3)34-23)26(33)28-19-7-4-6-18(12-19)15-30-11-5-8-24(30)32/h4,6-7,9-10,12-14,16H,5,8,11,15H2,1-3H3,(H,28,33). The van der Waals surface area contributed by atoms with E-state index in [4.69, 9.17) is 4.98 Å². The van der Waals surface area contributed by atoms with Gasteiger partial charge in [0.25, 0.3) is 5.91 Å². The van der Waals surface area contributed by atoms with Crippen LogP contribution in [0.5, 0.6) is 0 Å². The molecule has 0 bridgehead atoms. The normalized spacial score (nSPS) is 13.9. The summed E-state index contributed by atoms with van der Waals surface area (Å²) in [4.78, 5) is 34.4. The van der Waals surface area contributed by atoms with Crippen LogP contribution in [0.3, 0.4) is 0 Å². The van der Waals surface area contributed by atoms with Crippen molar-refractivity contribution < 1.29 is 9.59 Å². The summed E-state index contributed by atoms with van der Waals surface area (Å²) in [5.74, 6) is -0.0215. The van der Waals surface area contributed by atoms with Crippen LogP contribution in [0.25, 0.3) is 21.6 Å². The Bertz CT molecular complexity index is 1390. The number of rotatable bonds is 6. The predicted molar refractivity (Wildman–Crippen MR) is 135 cm³/mol. The Morgan fingerprint density at radius 2 is 2.06 bits per heavy atom. The topological polar surface area (TPSA) is 80.1 Å². The van der Waals surface area contributed by atoms with Gasteiger partial charge in [-0.05, 0) is 63.1 Å². The minimum absolute atomic E-state index is 0.117. The minimum Gasteiger partial charge on any atom is -0.338 e. The largest absolute Gasteiger partial charge is 0.338 e. The highest BCUT2D eigenvalue weighted by Gasteiger charge is 2.21. The lowest BCUT2D eigenvalue weighted by atomic mass is 10.1. The van der Waals surface area contributed by atoms with Crippen LogP contribution in [0.4, 0.5) is 5.69 Å². The summed E-state index contributed by atoms with van der Waals surface area (Å²) in [5, 5.41) is 8.27. The van der Waals surface area contributed by atoms with Gasteiger partial charge in [-0.2, -0.15) is 5.10 Å². The molecule has 7 nitrogen and oxygen atoms in total. The van der Waals surface area contributed by atoms with Crippen molar-refractivity contribution >= 4 is 39.9 Å². The molecule has 0 spiro atoms. The summed E-state index contributed by atoms with van der Waals surface area (Å²) in [5.41, 5.74) is 3.70. The number of hydrogen-bond donors (Lipinski definition) is 1. The van der Waals surface area contributed by atoms with Crippen molar-refractivity contribution in [2.45, 2.75) is 46.2 Å². The molecule has 1 aromatic carbocycles. The van der Waals surface area contributed by atoms with Crippen molar-refractivity contribution in [1.29, 1.82) is 0 Å². The Balaban J connectivity index is 1.48. The molecule has 1 saturated heterocycles. The highest BCUT2D eigenvalue weighted by atomic mass is 32.1. The molecule has 5 rings (SSSR count). The van der Waals surface area contributed by atoms with Crippen molar-refractivity contribution in [3.8, 4) is 10.6 Å². The van der Waals surface area contributed by atoms with Gasteiger partial charge < -0.3 is 10.2 Å². The average molecular weight is 474 g/mol. The molecule has 0 unspecified atom stereocenters. The maximum absolute atomic E-state index is 13.5. The summed E-state index contributed by atoms with van der Waals surface area (Å²) in [6, 6.07) is 13.8.